The second-order valence-corrected chi connectivity index (χ2v) is 4.28. The number of hydrogen-bond donors (Lipinski definition) is 1. The summed E-state index contributed by atoms with van der Waals surface area (Å²) in [7, 11) is 0. The quantitative estimate of drug-likeness (QED) is 0.734. The zero-order chi connectivity index (χ0) is 9.42. The van der Waals surface area contributed by atoms with Crippen molar-refractivity contribution in [3.05, 3.63) is 35.4 Å². The normalized spacial score (nSPS) is 28.5. The molecule has 0 radical (unpaired) electrons. The molecule has 1 heteroatoms. The minimum absolute atomic E-state index is 0.353. The summed E-state index contributed by atoms with van der Waals surface area (Å²) in [5, 5.41) is 0. The van der Waals surface area contributed by atoms with Crippen LogP contribution in [0.3, 0.4) is 0 Å². The third-order valence-electron chi connectivity index (χ3n) is 3.02. The van der Waals surface area contributed by atoms with Crippen molar-refractivity contribution in [3.63, 3.8) is 0 Å². The molecule has 0 amide bonds. The fourth-order valence-electron chi connectivity index (χ4n) is 1.99. The van der Waals surface area contributed by atoms with Gasteiger partial charge in [0.25, 0.3) is 0 Å². The average Bonchev–Trinajstić information content (AvgIpc) is 2.85. The maximum Gasteiger partial charge on any atom is 0.00448 e. The van der Waals surface area contributed by atoms with E-state index in [-0.39, 0.29) is 0 Å². The van der Waals surface area contributed by atoms with Gasteiger partial charge in [-0.2, -0.15) is 0 Å². The molecule has 0 bridgehead atoms. The number of benzene rings is 1. The molecule has 70 valence electrons. The molecule has 0 heterocycles. The molecule has 1 fully saturated rings. The lowest BCUT2D eigenvalue weighted by Gasteiger charge is -2.04. The summed E-state index contributed by atoms with van der Waals surface area (Å²) in [6.45, 7) is 4.23. The van der Waals surface area contributed by atoms with Gasteiger partial charge in [-0.3, -0.25) is 0 Å². The molecular weight excluding hydrogens is 158 g/mol. The Labute approximate surface area is 80.0 Å². The van der Waals surface area contributed by atoms with Crippen molar-refractivity contribution < 1.29 is 0 Å². The molecule has 1 aliphatic rings. The van der Waals surface area contributed by atoms with Gasteiger partial charge >= 0.3 is 0 Å². The fourth-order valence-corrected chi connectivity index (χ4v) is 1.99. The van der Waals surface area contributed by atoms with Gasteiger partial charge in [0.15, 0.2) is 0 Å². The van der Waals surface area contributed by atoms with Crippen molar-refractivity contribution in [1.82, 2.24) is 0 Å². The number of hydrogen-bond acceptors (Lipinski definition) is 1. The molecule has 2 N–H and O–H groups in total. The van der Waals surface area contributed by atoms with E-state index in [9.17, 15) is 0 Å². The fraction of sp³-hybridized carbons (Fsp3) is 0.500. The Morgan fingerprint density at radius 2 is 1.92 bits per heavy atom. The molecule has 1 nitrogen and oxygen atoms in total. The largest absolute Gasteiger partial charge is 0.328 e. The molecule has 1 aromatic carbocycles. The van der Waals surface area contributed by atoms with E-state index in [1.807, 2.05) is 0 Å². The minimum atomic E-state index is 0.353. The summed E-state index contributed by atoms with van der Waals surface area (Å²) in [5.41, 5.74) is 8.66. The van der Waals surface area contributed by atoms with E-state index in [2.05, 4.69) is 38.1 Å². The van der Waals surface area contributed by atoms with Gasteiger partial charge in [0, 0.05) is 6.04 Å². The van der Waals surface area contributed by atoms with Crippen LogP contribution in [0.1, 0.15) is 30.4 Å². The molecule has 0 aromatic heterocycles. The lowest BCUT2D eigenvalue weighted by molar-refractivity contribution is 0.631. The first kappa shape index (κ1) is 8.76. The third-order valence-corrected chi connectivity index (χ3v) is 3.02. The predicted octanol–water partition coefficient (Wildman–Crippen LogP) is 2.45. The molecule has 1 aromatic rings. The Bertz CT molecular complexity index is 286. The van der Waals surface area contributed by atoms with E-state index in [4.69, 9.17) is 5.73 Å². The molecule has 0 unspecified atom stereocenters. The first-order chi connectivity index (χ1) is 6.18. The molecule has 2 rings (SSSR count). The lowest BCUT2D eigenvalue weighted by Crippen LogP contribution is -2.17. The summed E-state index contributed by atoms with van der Waals surface area (Å²) >= 11 is 0. The lowest BCUT2D eigenvalue weighted by atomic mass is 10.1. The molecule has 1 saturated carbocycles. The number of aryl methyl sites for hydroxylation is 1. The summed E-state index contributed by atoms with van der Waals surface area (Å²) in [6, 6.07) is 9.20. The van der Waals surface area contributed by atoms with Gasteiger partial charge in [-0.1, -0.05) is 29.8 Å². The molecule has 1 aliphatic carbocycles. The summed E-state index contributed by atoms with van der Waals surface area (Å²) < 4.78 is 0. The molecule has 13 heavy (non-hydrogen) atoms. The SMILES string of the molecule is Cc1ccc([C@@H]2C[C@H]2[C@H](C)N)cc1. The van der Waals surface area contributed by atoms with Crippen molar-refractivity contribution in [2.75, 3.05) is 0 Å². The van der Waals surface area contributed by atoms with Crippen LogP contribution in [0.4, 0.5) is 0 Å². The predicted molar refractivity (Wildman–Crippen MR) is 55.7 cm³/mol. The van der Waals surface area contributed by atoms with Gasteiger partial charge in [-0.05, 0) is 37.7 Å². The van der Waals surface area contributed by atoms with Crippen molar-refractivity contribution in [2.24, 2.45) is 11.7 Å². The highest BCUT2D eigenvalue weighted by Gasteiger charge is 2.40. The van der Waals surface area contributed by atoms with Crippen molar-refractivity contribution >= 4 is 0 Å². The topological polar surface area (TPSA) is 26.0 Å². The van der Waals surface area contributed by atoms with Crippen LogP contribution in [0.15, 0.2) is 24.3 Å². The Kier molecular flexibility index (Phi) is 2.12. The van der Waals surface area contributed by atoms with Crippen molar-refractivity contribution in [2.45, 2.75) is 32.2 Å². The first-order valence-corrected chi connectivity index (χ1v) is 5.00. The van der Waals surface area contributed by atoms with Crippen LogP contribution in [0, 0.1) is 12.8 Å². The second kappa shape index (κ2) is 3.15. The molecule has 3 atom stereocenters. The maximum atomic E-state index is 5.86. The monoisotopic (exact) mass is 175 g/mol. The first-order valence-electron chi connectivity index (χ1n) is 5.00. The van der Waals surface area contributed by atoms with Gasteiger partial charge in [-0.15, -0.1) is 0 Å². The Hall–Kier alpha value is -0.820. The summed E-state index contributed by atoms with van der Waals surface area (Å²) in [4.78, 5) is 0. The van der Waals surface area contributed by atoms with E-state index in [1.54, 1.807) is 0 Å². The van der Waals surface area contributed by atoms with Gasteiger partial charge < -0.3 is 5.73 Å². The highest BCUT2D eigenvalue weighted by molar-refractivity contribution is 5.29. The average molecular weight is 175 g/mol. The Morgan fingerprint density at radius 3 is 2.38 bits per heavy atom. The van der Waals surface area contributed by atoms with Gasteiger partial charge in [0.1, 0.15) is 0 Å². The van der Waals surface area contributed by atoms with Crippen LogP contribution in [0.2, 0.25) is 0 Å². The molecule has 0 aliphatic heterocycles. The Balaban J connectivity index is 2.08. The highest BCUT2D eigenvalue weighted by atomic mass is 14.7. The van der Waals surface area contributed by atoms with Gasteiger partial charge in [-0.25, -0.2) is 0 Å². The van der Waals surface area contributed by atoms with Crippen LogP contribution in [0.25, 0.3) is 0 Å². The number of nitrogens with two attached hydrogens (primary N) is 1. The van der Waals surface area contributed by atoms with Crippen molar-refractivity contribution in [1.29, 1.82) is 0 Å². The van der Waals surface area contributed by atoms with Crippen LogP contribution in [-0.2, 0) is 0 Å². The summed E-state index contributed by atoms with van der Waals surface area (Å²) in [5.74, 6) is 1.46. The highest BCUT2D eigenvalue weighted by Crippen LogP contribution is 2.48. The van der Waals surface area contributed by atoms with Crippen LogP contribution < -0.4 is 5.73 Å². The van der Waals surface area contributed by atoms with E-state index >= 15 is 0 Å². The van der Waals surface area contributed by atoms with Gasteiger partial charge in [0.2, 0.25) is 0 Å². The van der Waals surface area contributed by atoms with E-state index < -0.39 is 0 Å². The van der Waals surface area contributed by atoms with E-state index in [0.717, 1.165) is 11.8 Å². The zero-order valence-electron chi connectivity index (χ0n) is 8.33. The van der Waals surface area contributed by atoms with Crippen LogP contribution in [-0.4, -0.2) is 6.04 Å². The smallest absolute Gasteiger partial charge is 0.00448 e. The standard InChI is InChI=1S/C12H17N/c1-8-3-5-10(6-4-8)12-7-11(12)9(2)13/h3-6,9,11-12H,7,13H2,1-2H3/t9-,11-,12-/m0/s1. The molecule has 0 saturated heterocycles. The number of rotatable bonds is 2. The second-order valence-electron chi connectivity index (χ2n) is 4.28. The van der Waals surface area contributed by atoms with E-state index in [1.165, 1.54) is 17.5 Å². The van der Waals surface area contributed by atoms with Crippen LogP contribution >= 0.6 is 0 Å². The van der Waals surface area contributed by atoms with Gasteiger partial charge in [0.05, 0.1) is 0 Å². The Morgan fingerprint density at radius 1 is 1.31 bits per heavy atom. The van der Waals surface area contributed by atoms with E-state index in [0.29, 0.717) is 6.04 Å². The zero-order valence-corrected chi connectivity index (χ0v) is 8.33. The third kappa shape index (κ3) is 1.75. The molecular formula is C12H17N. The minimum Gasteiger partial charge on any atom is -0.328 e. The maximum absolute atomic E-state index is 5.86. The van der Waals surface area contributed by atoms with Crippen molar-refractivity contribution in [3.8, 4) is 0 Å². The van der Waals surface area contributed by atoms with Crippen LogP contribution in [0.5, 0.6) is 0 Å². The summed E-state index contributed by atoms with van der Waals surface area (Å²) in [6.07, 6.45) is 1.28. The molecule has 0 spiro atoms.